The van der Waals surface area contributed by atoms with Gasteiger partial charge in [0.05, 0.1) is 11.6 Å². The zero-order chi connectivity index (χ0) is 13.2. The molecular weight excluding hydrogens is 304 g/mol. The molecule has 19 heavy (non-hydrogen) atoms. The van der Waals surface area contributed by atoms with Gasteiger partial charge in [0.1, 0.15) is 5.75 Å². The second kappa shape index (κ2) is 5.71. The van der Waals surface area contributed by atoms with Crippen LogP contribution in [0.4, 0.5) is 5.69 Å². The van der Waals surface area contributed by atoms with Gasteiger partial charge in [-0.2, -0.15) is 0 Å². The first-order valence-electron chi connectivity index (χ1n) is 7.10. The predicted molar refractivity (Wildman–Crippen MR) is 82.0 cm³/mol. The number of ether oxygens (including phenoxy) is 1. The summed E-state index contributed by atoms with van der Waals surface area (Å²) < 4.78 is 6.34. The van der Waals surface area contributed by atoms with Gasteiger partial charge in [-0.1, -0.05) is 0 Å². The van der Waals surface area contributed by atoms with Gasteiger partial charge in [-0.15, -0.1) is 0 Å². The van der Waals surface area contributed by atoms with Gasteiger partial charge < -0.3 is 15.0 Å². The molecule has 1 saturated carbocycles. The summed E-state index contributed by atoms with van der Waals surface area (Å²) in [5.74, 6) is 1.80. The molecule has 2 aliphatic rings. The van der Waals surface area contributed by atoms with Crippen LogP contribution in [0.15, 0.2) is 22.7 Å². The zero-order valence-corrected chi connectivity index (χ0v) is 12.9. The van der Waals surface area contributed by atoms with Crippen molar-refractivity contribution in [2.45, 2.75) is 25.3 Å². The first-order valence-corrected chi connectivity index (χ1v) is 7.89. The third kappa shape index (κ3) is 3.06. The highest BCUT2D eigenvalue weighted by molar-refractivity contribution is 9.10. The molecule has 1 atom stereocenters. The van der Waals surface area contributed by atoms with Crippen LogP contribution in [0.5, 0.6) is 5.75 Å². The Morgan fingerprint density at radius 1 is 1.37 bits per heavy atom. The molecule has 1 aliphatic heterocycles. The molecule has 1 aromatic rings. The number of methoxy groups -OCH3 is 1. The van der Waals surface area contributed by atoms with E-state index >= 15 is 0 Å². The van der Waals surface area contributed by atoms with E-state index in [9.17, 15) is 0 Å². The van der Waals surface area contributed by atoms with Crippen molar-refractivity contribution in [3.63, 3.8) is 0 Å². The lowest BCUT2D eigenvalue weighted by Crippen LogP contribution is -2.39. The summed E-state index contributed by atoms with van der Waals surface area (Å²) in [6.07, 6.45) is 4.02. The summed E-state index contributed by atoms with van der Waals surface area (Å²) in [4.78, 5) is 2.51. The quantitative estimate of drug-likeness (QED) is 0.924. The Labute approximate surface area is 123 Å². The lowest BCUT2D eigenvalue weighted by molar-refractivity contribution is 0.412. The molecule has 4 heteroatoms. The normalized spacial score (nSPS) is 24.1. The zero-order valence-electron chi connectivity index (χ0n) is 11.4. The number of benzene rings is 1. The van der Waals surface area contributed by atoms with Crippen molar-refractivity contribution in [2.24, 2.45) is 5.92 Å². The Bertz CT molecular complexity index is 448. The van der Waals surface area contributed by atoms with Crippen molar-refractivity contribution in [1.29, 1.82) is 0 Å². The molecular formula is C15H21BrN2O. The van der Waals surface area contributed by atoms with Gasteiger partial charge in [0.25, 0.3) is 0 Å². The van der Waals surface area contributed by atoms with Crippen LogP contribution in [0.3, 0.4) is 0 Å². The molecule has 3 rings (SSSR count). The van der Waals surface area contributed by atoms with E-state index in [1.165, 1.54) is 24.9 Å². The number of rotatable bonds is 3. The van der Waals surface area contributed by atoms with Gasteiger partial charge in [-0.3, -0.25) is 0 Å². The van der Waals surface area contributed by atoms with E-state index in [2.05, 4.69) is 38.3 Å². The fourth-order valence-corrected chi connectivity index (χ4v) is 3.38. The first kappa shape index (κ1) is 13.3. The average molecular weight is 325 g/mol. The molecule has 104 valence electrons. The molecule has 1 heterocycles. The van der Waals surface area contributed by atoms with Crippen molar-refractivity contribution in [3.05, 3.63) is 22.7 Å². The van der Waals surface area contributed by atoms with Crippen LogP contribution in [0.2, 0.25) is 0 Å². The Morgan fingerprint density at radius 2 is 2.21 bits per heavy atom. The third-order valence-corrected chi connectivity index (χ3v) is 4.74. The lowest BCUT2D eigenvalue weighted by Gasteiger charge is -2.27. The second-order valence-corrected chi connectivity index (χ2v) is 6.37. The molecule has 0 spiro atoms. The van der Waals surface area contributed by atoms with Gasteiger partial charge in [-0.05, 0) is 65.9 Å². The van der Waals surface area contributed by atoms with Gasteiger partial charge in [0.15, 0.2) is 0 Å². The van der Waals surface area contributed by atoms with E-state index in [0.29, 0.717) is 6.04 Å². The van der Waals surface area contributed by atoms with Gasteiger partial charge in [0, 0.05) is 24.8 Å². The highest BCUT2D eigenvalue weighted by Gasteiger charge is 2.33. The molecule has 0 amide bonds. The molecule has 1 unspecified atom stereocenters. The Balaban J connectivity index is 1.77. The maximum Gasteiger partial charge on any atom is 0.133 e. The van der Waals surface area contributed by atoms with Crippen molar-refractivity contribution < 1.29 is 4.74 Å². The minimum Gasteiger partial charge on any atom is -0.496 e. The lowest BCUT2D eigenvalue weighted by atomic mass is 10.1. The summed E-state index contributed by atoms with van der Waals surface area (Å²) in [6.45, 7) is 3.41. The van der Waals surface area contributed by atoms with Crippen molar-refractivity contribution >= 4 is 21.6 Å². The van der Waals surface area contributed by atoms with Gasteiger partial charge >= 0.3 is 0 Å². The molecule has 1 N–H and O–H groups in total. The largest absolute Gasteiger partial charge is 0.496 e. The minimum absolute atomic E-state index is 0.670. The maximum absolute atomic E-state index is 5.30. The van der Waals surface area contributed by atoms with E-state index in [1.807, 2.05) is 6.07 Å². The maximum atomic E-state index is 5.30. The molecule has 1 aliphatic carbocycles. The molecule has 2 fully saturated rings. The molecule has 0 bridgehead atoms. The van der Waals surface area contributed by atoms with Crippen molar-refractivity contribution in [1.82, 2.24) is 5.32 Å². The number of hydrogen-bond donors (Lipinski definition) is 1. The molecule has 1 saturated heterocycles. The van der Waals surface area contributed by atoms with Crippen LogP contribution < -0.4 is 15.0 Å². The summed E-state index contributed by atoms with van der Waals surface area (Å²) in [7, 11) is 1.71. The predicted octanol–water partition coefficient (Wildman–Crippen LogP) is 3.04. The first-order chi connectivity index (χ1) is 9.28. The highest BCUT2D eigenvalue weighted by atomic mass is 79.9. The number of halogens is 1. The van der Waals surface area contributed by atoms with E-state index in [0.717, 1.165) is 35.8 Å². The summed E-state index contributed by atoms with van der Waals surface area (Å²) in [6, 6.07) is 7.06. The van der Waals surface area contributed by atoms with Crippen LogP contribution in [-0.4, -0.2) is 32.8 Å². The fraction of sp³-hybridized carbons (Fsp3) is 0.600. The summed E-state index contributed by atoms with van der Waals surface area (Å²) in [5.41, 5.74) is 1.29. The Hall–Kier alpha value is -0.740. The van der Waals surface area contributed by atoms with Crippen molar-refractivity contribution in [3.8, 4) is 5.75 Å². The fourth-order valence-electron chi connectivity index (χ4n) is 2.85. The third-order valence-electron chi connectivity index (χ3n) is 4.12. The Morgan fingerprint density at radius 3 is 2.89 bits per heavy atom. The minimum atomic E-state index is 0.670. The molecule has 0 aromatic heterocycles. The standard InChI is InChI=1S/C15H21BrN2O/c1-19-15-6-5-12(9-13(15)16)18-8-2-7-17-14(10-18)11-3-4-11/h5-6,9,11,14,17H,2-4,7-8,10H2,1H3. The molecule has 0 radical (unpaired) electrons. The number of hydrogen-bond acceptors (Lipinski definition) is 3. The highest BCUT2D eigenvalue weighted by Crippen LogP contribution is 2.35. The SMILES string of the molecule is COc1ccc(N2CCCNC(C3CC3)C2)cc1Br. The molecule has 1 aromatic carbocycles. The Kier molecular flexibility index (Phi) is 3.99. The van der Waals surface area contributed by atoms with E-state index in [-0.39, 0.29) is 0 Å². The van der Waals surface area contributed by atoms with E-state index in [1.54, 1.807) is 7.11 Å². The van der Waals surface area contributed by atoms with E-state index in [4.69, 9.17) is 4.74 Å². The second-order valence-electron chi connectivity index (χ2n) is 5.52. The summed E-state index contributed by atoms with van der Waals surface area (Å²) in [5, 5.41) is 3.70. The van der Waals surface area contributed by atoms with Crippen LogP contribution in [0.25, 0.3) is 0 Å². The molecule has 3 nitrogen and oxygen atoms in total. The van der Waals surface area contributed by atoms with Crippen LogP contribution >= 0.6 is 15.9 Å². The number of nitrogens with one attached hydrogen (secondary N) is 1. The average Bonchev–Trinajstić information content (AvgIpc) is 3.24. The topological polar surface area (TPSA) is 24.5 Å². The van der Waals surface area contributed by atoms with Gasteiger partial charge in [-0.25, -0.2) is 0 Å². The van der Waals surface area contributed by atoms with Gasteiger partial charge in [0.2, 0.25) is 0 Å². The van der Waals surface area contributed by atoms with E-state index < -0.39 is 0 Å². The van der Waals surface area contributed by atoms with Crippen molar-refractivity contribution in [2.75, 3.05) is 31.6 Å². The smallest absolute Gasteiger partial charge is 0.133 e. The van der Waals surface area contributed by atoms with Crippen LogP contribution in [0.1, 0.15) is 19.3 Å². The van der Waals surface area contributed by atoms with Crippen LogP contribution in [0, 0.1) is 5.92 Å². The number of nitrogens with zero attached hydrogens (tertiary/aromatic N) is 1. The summed E-state index contributed by atoms with van der Waals surface area (Å²) >= 11 is 3.58. The number of anilines is 1. The van der Waals surface area contributed by atoms with Crippen LogP contribution in [-0.2, 0) is 0 Å². The monoisotopic (exact) mass is 324 g/mol.